The Hall–Kier alpha value is -3.36. The van der Waals surface area contributed by atoms with Crippen molar-refractivity contribution in [2.45, 2.75) is 46.7 Å². The molecule has 0 spiro atoms. The molecule has 3 heterocycles. The van der Waals surface area contributed by atoms with E-state index in [-0.39, 0.29) is 29.5 Å². The number of amides is 1. The maximum Gasteiger partial charge on any atom is 0.261 e. The average molecular weight is 439 g/mol. The molecular formula is C23H26FN5O3. The molecule has 0 bridgehead atoms. The minimum absolute atomic E-state index is 0.0264. The van der Waals surface area contributed by atoms with Crippen LogP contribution in [0, 0.1) is 32.5 Å². The van der Waals surface area contributed by atoms with Crippen LogP contribution in [0.25, 0.3) is 10.9 Å². The van der Waals surface area contributed by atoms with Gasteiger partial charge in [0.2, 0.25) is 5.91 Å². The van der Waals surface area contributed by atoms with Crippen LogP contribution < -0.4 is 11.1 Å². The topological polar surface area (TPSA) is 90.1 Å². The van der Waals surface area contributed by atoms with E-state index in [4.69, 9.17) is 0 Å². The summed E-state index contributed by atoms with van der Waals surface area (Å²) >= 11 is 0. The molecule has 1 saturated heterocycles. The van der Waals surface area contributed by atoms with Crippen LogP contribution in [0.5, 0.6) is 0 Å². The zero-order chi connectivity index (χ0) is 23.0. The molecule has 4 rings (SSSR count). The SMILES string of the molecule is Cc1ncn(CC(=O)N2CCC(Cn3c(C)nc4cc(F)ccc4c3=O)CC2)c(=O)c1C. The summed E-state index contributed by atoms with van der Waals surface area (Å²) in [6.45, 7) is 6.84. The molecule has 9 heteroatoms. The summed E-state index contributed by atoms with van der Waals surface area (Å²) in [5.74, 6) is 0.241. The Morgan fingerprint density at radius 1 is 1.12 bits per heavy atom. The number of nitrogens with zero attached hydrogens (tertiary/aromatic N) is 5. The highest BCUT2D eigenvalue weighted by atomic mass is 19.1. The highest BCUT2D eigenvalue weighted by Crippen LogP contribution is 2.20. The first-order chi connectivity index (χ1) is 15.2. The third-order valence-corrected chi connectivity index (χ3v) is 6.34. The number of aromatic nitrogens is 4. The van der Waals surface area contributed by atoms with Gasteiger partial charge in [-0.3, -0.25) is 23.5 Å². The molecule has 0 N–H and O–H groups in total. The van der Waals surface area contributed by atoms with E-state index in [1.165, 1.54) is 29.1 Å². The van der Waals surface area contributed by atoms with E-state index >= 15 is 0 Å². The molecule has 1 aromatic carbocycles. The number of fused-ring (bicyclic) bond motifs is 1. The zero-order valence-corrected chi connectivity index (χ0v) is 18.5. The summed E-state index contributed by atoms with van der Waals surface area (Å²) < 4.78 is 16.5. The number of likely N-dealkylation sites (tertiary alicyclic amines) is 1. The Morgan fingerprint density at radius 3 is 2.56 bits per heavy atom. The van der Waals surface area contributed by atoms with E-state index in [1.54, 1.807) is 30.2 Å². The van der Waals surface area contributed by atoms with Crippen LogP contribution in [0.1, 0.15) is 29.9 Å². The van der Waals surface area contributed by atoms with E-state index in [1.807, 2.05) is 0 Å². The predicted octanol–water partition coefficient (Wildman–Crippen LogP) is 1.96. The zero-order valence-electron chi connectivity index (χ0n) is 18.5. The highest BCUT2D eigenvalue weighted by molar-refractivity contribution is 5.77. The summed E-state index contributed by atoms with van der Waals surface area (Å²) in [4.78, 5) is 48.3. The molecule has 0 radical (unpaired) electrons. The van der Waals surface area contributed by atoms with Crippen LogP contribution in [0.2, 0.25) is 0 Å². The van der Waals surface area contributed by atoms with Crippen LogP contribution in [0.4, 0.5) is 4.39 Å². The number of carbonyl (C=O) groups is 1. The van der Waals surface area contributed by atoms with E-state index < -0.39 is 5.82 Å². The van der Waals surface area contributed by atoms with Gasteiger partial charge in [0.15, 0.2) is 0 Å². The molecule has 1 aliphatic heterocycles. The highest BCUT2D eigenvalue weighted by Gasteiger charge is 2.24. The van der Waals surface area contributed by atoms with Crippen molar-refractivity contribution in [2.24, 2.45) is 5.92 Å². The molecule has 2 aromatic heterocycles. The Labute approximate surface area is 184 Å². The molecule has 8 nitrogen and oxygen atoms in total. The maximum absolute atomic E-state index is 13.5. The Balaban J connectivity index is 1.42. The Morgan fingerprint density at radius 2 is 1.84 bits per heavy atom. The first-order valence-corrected chi connectivity index (χ1v) is 10.7. The lowest BCUT2D eigenvalue weighted by Crippen LogP contribution is -2.43. The predicted molar refractivity (Wildman–Crippen MR) is 118 cm³/mol. The lowest BCUT2D eigenvalue weighted by Gasteiger charge is -2.32. The van der Waals surface area contributed by atoms with Gasteiger partial charge in [-0.2, -0.15) is 0 Å². The fourth-order valence-electron chi connectivity index (χ4n) is 4.18. The monoisotopic (exact) mass is 439 g/mol. The lowest BCUT2D eigenvalue weighted by molar-refractivity contribution is -0.133. The van der Waals surface area contributed by atoms with Crippen molar-refractivity contribution in [3.8, 4) is 0 Å². The summed E-state index contributed by atoms with van der Waals surface area (Å²) in [7, 11) is 0. The van der Waals surface area contributed by atoms with Gasteiger partial charge in [0.1, 0.15) is 18.2 Å². The number of benzene rings is 1. The molecular weight excluding hydrogens is 413 g/mol. The Kier molecular flexibility index (Phi) is 5.90. The van der Waals surface area contributed by atoms with Crippen molar-refractivity contribution in [3.05, 3.63) is 68.1 Å². The molecule has 0 aliphatic carbocycles. The van der Waals surface area contributed by atoms with Gasteiger partial charge < -0.3 is 4.90 Å². The number of rotatable bonds is 4. The molecule has 0 saturated carbocycles. The summed E-state index contributed by atoms with van der Waals surface area (Å²) in [6, 6.07) is 4.01. The molecule has 3 aromatic rings. The van der Waals surface area contributed by atoms with Gasteiger partial charge in [0.05, 0.1) is 17.2 Å². The molecule has 1 fully saturated rings. The summed E-state index contributed by atoms with van der Waals surface area (Å²) in [5, 5.41) is 0.400. The number of carbonyl (C=O) groups excluding carboxylic acids is 1. The fraction of sp³-hybridized carbons (Fsp3) is 0.435. The van der Waals surface area contributed by atoms with Gasteiger partial charge in [-0.05, 0) is 51.7 Å². The van der Waals surface area contributed by atoms with Gasteiger partial charge in [-0.15, -0.1) is 0 Å². The van der Waals surface area contributed by atoms with Gasteiger partial charge >= 0.3 is 0 Å². The van der Waals surface area contributed by atoms with Crippen LogP contribution in [0.3, 0.4) is 0 Å². The maximum atomic E-state index is 13.5. The van der Waals surface area contributed by atoms with Crippen molar-refractivity contribution >= 4 is 16.8 Å². The van der Waals surface area contributed by atoms with Gasteiger partial charge in [0, 0.05) is 37.0 Å². The molecule has 0 unspecified atom stereocenters. The second-order valence-electron chi connectivity index (χ2n) is 8.45. The van der Waals surface area contributed by atoms with Crippen LogP contribution >= 0.6 is 0 Å². The van der Waals surface area contributed by atoms with E-state index in [0.717, 1.165) is 12.8 Å². The number of halogens is 1. The molecule has 0 atom stereocenters. The minimum atomic E-state index is -0.419. The van der Waals surface area contributed by atoms with Crippen molar-refractivity contribution in [1.29, 1.82) is 0 Å². The quantitative estimate of drug-likeness (QED) is 0.620. The number of piperidine rings is 1. The first-order valence-electron chi connectivity index (χ1n) is 10.7. The van der Waals surface area contributed by atoms with Crippen molar-refractivity contribution in [3.63, 3.8) is 0 Å². The fourth-order valence-corrected chi connectivity index (χ4v) is 4.18. The number of hydrogen-bond acceptors (Lipinski definition) is 5. The van der Waals surface area contributed by atoms with Crippen LogP contribution in [-0.4, -0.2) is 43.0 Å². The van der Waals surface area contributed by atoms with Gasteiger partial charge in [-0.25, -0.2) is 14.4 Å². The summed E-state index contributed by atoms with van der Waals surface area (Å²) in [5.41, 5.74) is 1.21. The van der Waals surface area contributed by atoms with Crippen molar-refractivity contribution < 1.29 is 9.18 Å². The molecule has 1 amide bonds. The smallest absolute Gasteiger partial charge is 0.261 e. The van der Waals surface area contributed by atoms with E-state index in [2.05, 4.69) is 9.97 Å². The van der Waals surface area contributed by atoms with Crippen molar-refractivity contribution in [2.75, 3.05) is 13.1 Å². The van der Waals surface area contributed by atoms with Gasteiger partial charge in [-0.1, -0.05) is 0 Å². The second kappa shape index (κ2) is 8.64. The number of aryl methyl sites for hydroxylation is 2. The van der Waals surface area contributed by atoms with Crippen LogP contribution in [-0.2, 0) is 17.9 Å². The molecule has 1 aliphatic rings. The standard InChI is InChI=1S/C23H26FN5O3/c1-14-15(2)25-13-28(22(14)31)12-21(30)27-8-6-17(7-9-27)11-29-16(3)26-20-10-18(24)4-5-19(20)23(29)32/h4-5,10,13,17H,6-9,11-12H2,1-3H3. The lowest BCUT2D eigenvalue weighted by atomic mass is 9.96. The van der Waals surface area contributed by atoms with Crippen molar-refractivity contribution in [1.82, 2.24) is 24.0 Å². The second-order valence-corrected chi connectivity index (χ2v) is 8.45. The Bertz CT molecular complexity index is 1310. The van der Waals surface area contributed by atoms with E-state index in [0.29, 0.717) is 47.6 Å². The first kappa shape index (κ1) is 21.9. The minimum Gasteiger partial charge on any atom is -0.341 e. The number of hydrogen-bond donors (Lipinski definition) is 0. The average Bonchev–Trinajstić information content (AvgIpc) is 2.77. The summed E-state index contributed by atoms with van der Waals surface area (Å²) in [6.07, 6.45) is 2.92. The largest absolute Gasteiger partial charge is 0.341 e. The molecule has 168 valence electrons. The third-order valence-electron chi connectivity index (χ3n) is 6.34. The van der Waals surface area contributed by atoms with Crippen LogP contribution in [0.15, 0.2) is 34.1 Å². The van der Waals surface area contributed by atoms with Gasteiger partial charge in [0.25, 0.3) is 11.1 Å². The third kappa shape index (κ3) is 4.19. The normalized spacial score (nSPS) is 14.8. The molecule has 32 heavy (non-hydrogen) atoms. The van der Waals surface area contributed by atoms with E-state index in [9.17, 15) is 18.8 Å².